The predicted molar refractivity (Wildman–Crippen MR) is 102 cm³/mol. The van der Waals surface area contributed by atoms with Gasteiger partial charge in [0.05, 0.1) is 0 Å². The lowest BCUT2D eigenvalue weighted by Gasteiger charge is -2.03. The maximum absolute atomic E-state index is 3.37. The smallest absolute Gasteiger partial charge is 0.127 e. The van der Waals surface area contributed by atoms with Crippen molar-refractivity contribution in [3.63, 3.8) is 0 Å². The first-order valence-corrected chi connectivity index (χ1v) is 11.4. The Kier molecular flexibility index (Phi) is 5.28. The summed E-state index contributed by atoms with van der Waals surface area (Å²) in [5, 5.41) is 0. The fraction of sp³-hybridized carbons (Fsp3) is 0.158. The van der Waals surface area contributed by atoms with Crippen LogP contribution in [0.5, 0.6) is 0 Å². The van der Waals surface area contributed by atoms with Crippen LogP contribution in [0.2, 0.25) is 19.6 Å². The summed E-state index contributed by atoms with van der Waals surface area (Å²) in [6.45, 7) is 6.75. The number of hydrogen-bond acceptors (Lipinski definition) is 0. The highest BCUT2D eigenvalue weighted by Crippen LogP contribution is 2.07. The molecule has 21 heavy (non-hydrogen) atoms. The van der Waals surface area contributed by atoms with Gasteiger partial charge in [-0.15, -0.1) is 5.54 Å². The van der Waals surface area contributed by atoms with Gasteiger partial charge in [-0.3, -0.25) is 0 Å². The van der Waals surface area contributed by atoms with E-state index in [9.17, 15) is 0 Å². The zero-order valence-electron chi connectivity index (χ0n) is 12.5. The van der Waals surface area contributed by atoms with Crippen molar-refractivity contribution in [2.75, 3.05) is 0 Å². The maximum Gasteiger partial charge on any atom is 0.129 e. The minimum atomic E-state index is -1.31. The molecule has 0 aliphatic heterocycles. The SMILES string of the molecule is C[Si](C)(C)C#Cc1ccc(C#Cc2cccc(I)c2)cc1. The van der Waals surface area contributed by atoms with Crippen molar-refractivity contribution in [3.8, 4) is 23.3 Å². The molecule has 2 rings (SSSR count). The maximum atomic E-state index is 3.37. The fourth-order valence-electron chi connectivity index (χ4n) is 1.61. The highest BCUT2D eigenvalue weighted by atomic mass is 127. The average Bonchev–Trinajstić information content (AvgIpc) is 2.43. The van der Waals surface area contributed by atoms with E-state index < -0.39 is 8.07 Å². The third kappa shape index (κ3) is 5.79. The molecular formula is C19H17ISi. The van der Waals surface area contributed by atoms with E-state index in [4.69, 9.17) is 0 Å². The Morgan fingerprint density at radius 1 is 0.762 bits per heavy atom. The molecule has 2 aromatic carbocycles. The zero-order valence-corrected chi connectivity index (χ0v) is 15.7. The molecule has 0 unspecified atom stereocenters. The van der Waals surface area contributed by atoms with E-state index in [2.05, 4.69) is 77.7 Å². The normalized spacial score (nSPS) is 10.1. The Labute approximate surface area is 142 Å². The Balaban J connectivity index is 2.15. The molecule has 0 aliphatic carbocycles. The van der Waals surface area contributed by atoms with Crippen LogP contribution in [0, 0.1) is 26.9 Å². The molecule has 0 N–H and O–H groups in total. The van der Waals surface area contributed by atoms with Crippen molar-refractivity contribution < 1.29 is 0 Å². The predicted octanol–water partition coefficient (Wildman–Crippen LogP) is 4.92. The van der Waals surface area contributed by atoms with Gasteiger partial charge in [-0.2, -0.15) is 0 Å². The lowest BCUT2D eigenvalue weighted by Crippen LogP contribution is -2.16. The van der Waals surface area contributed by atoms with Crippen LogP contribution in [0.25, 0.3) is 0 Å². The molecule has 0 aliphatic rings. The van der Waals surface area contributed by atoms with Crippen LogP contribution in [0.4, 0.5) is 0 Å². The highest BCUT2D eigenvalue weighted by Gasteiger charge is 2.07. The van der Waals surface area contributed by atoms with Gasteiger partial charge in [0.25, 0.3) is 0 Å². The number of hydrogen-bond donors (Lipinski definition) is 0. The summed E-state index contributed by atoms with van der Waals surface area (Å²) in [6.07, 6.45) is 0. The van der Waals surface area contributed by atoms with Crippen molar-refractivity contribution >= 4 is 30.7 Å². The van der Waals surface area contributed by atoms with Gasteiger partial charge in [-0.25, -0.2) is 0 Å². The van der Waals surface area contributed by atoms with E-state index in [1.54, 1.807) is 0 Å². The largest absolute Gasteiger partial charge is 0.129 e. The molecule has 0 bridgehead atoms. The first-order valence-electron chi connectivity index (χ1n) is 6.83. The Bertz CT molecular complexity index is 744. The van der Waals surface area contributed by atoms with Gasteiger partial charge in [-0.05, 0) is 65.1 Å². The lowest BCUT2D eigenvalue weighted by atomic mass is 10.1. The molecule has 104 valence electrons. The summed E-state index contributed by atoms with van der Waals surface area (Å²) < 4.78 is 1.20. The number of halogens is 1. The molecule has 0 amide bonds. The van der Waals surface area contributed by atoms with Crippen LogP contribution in [0.1, 0.15) is 16.7 Å². The minimum absolute atomic E-state index is 1.02. The molecule has 0 heterocycles. The Hall–Kier alpha value is -1.49. The highest BCUT2D eigenvalue weighted by molar-refractivity contribution is 14.1. The monoisotopic (exact) mass is 400 g/mol. The quantitative estimate of drug-likeness (QED) is 0.335. The molecule has 0 saturated carbocycles. The fourth-order valence-corrected chi connectivity index (χ4v) is 2.67. The molecule has 0 nitrogen and oxygen atoms in total. The summed E-state index contributed by atoms with van der Waals surface area (Å²) >= 11 is 2.30. The van der Waals surface area contributed by atoms with E-state index in [1.807, 2.05) is 36.4 Å². The first-order chi connectivity index (χ1) is 9.92. The molecule has 2 heteroatoms. The third-order valence-electron chi connectivity index (χ3n) is 2.64. The molecule has 0 fully saturated rings. The lowest BCUT2D eigenvalue weighted by molar-refractivity contribution is 1.58. The molecule has 2 aromatic rings. The van der Waals surface area contributed by atoms with E-state index in [-0.39, 0.29) is 0 Å². The second kappa shape index (κ2) is 6.98. The van der Waals surface area contributed by atoms with Gasteiger partial charge < -0.3 is 0 Å². The van der Waals surface area contributed by atoms with Crippen LogP contribution in [-0.4, -0.2) is 8.07 Å². The second-order valence-corrected chi connectivity index (χ2v) is 11.8. The van der Waals surface area contributed by atoms with Crippen molar-refractivity contribution in [2.24, 2.45) is 0 Å². The zero-order chi connectivity index (χ0) is 15.3. The van der Waals surface area contributed by atoms with Crippen molar-refractivity contribution in [2.45, 2.75) is 19.6 Å². The molecule has 0 aromatic heterocycles. The molecular weight excluding hydrogens is 383 g/mol. The van der Waals surface area contributed by atoms with Crippen LogP contribution >= 0.6 is 22.6 Å². The summed E-state index contributed by atoms with van der Waals surface area (Å²) in [4.78, 5) is 0. The van der Waals surface area contributed by atoms with Crippen molar-refractivity contribution in [3.05, 3.63) is 68.8 Å². The summed E-state index contributed by atoms with van der Waals surface area (Å²) in [7, 11) is -1.31. The van der Waals surface area contributed by atoms with E-state index >= 15 is 0 Å². The van der Waals surface area contributed by atoms with Crippen LogP contribution in [-0.2, 0) is 0 Å². The Morgan fingerprint density at radius 3 is 1.90 bits per heavy atom. The van der Waals surface area contributed by atoms with Gasteiger partial charge >= 0.3 is 0 Å². The van der Waals surface area contributed by atoms with Crippen molar-refractivity contribution in [1.29, 1.82) is 0 Å². The van der Waals surface area contributed by atoms with Gasteiger partial charge in [0.1, 0.15) is 8.07 Å². The van der Waals surface area contributed by atoms with Gasteiger partial charge in [-0.1, -0.05) is 43.5 Å². The topological polar surface area (TPSA) is 0 Å². The molecule has 0 radical (unpaired) electrons. The average molecular weight is 400 g/mol. The second-order valence-electron chi connectivity index (χ2n) is 5.84. The van der Waals surface area contributed by atoms with Crippen LogP contribution in [0.3, 0.4) is 0 Å². The number of rotatable bonds is 0. The van der Waals surface area contributed by atoms with Crippen molar-refractivity contribution in [1.82, 2.24) is 0 Å². The van der Waals surface area contributed by atoms with Gasteiger partial charge in [0.2, 0.25) is 0 Å². The van der Waals surface area contributed by atoms with Crippen LogP contribution in [0.15, 0.2) is 48.5 Å². The summed E-state index contributed by atoms with van der Waals surface area (Å²) in [6, 6.07) is 16.4. The van der Waals surface area contributed by atoms with E-state index in [0.29, 0.717) is 0 Å². The van der Waals surface area contributed by atoms with Gasteiger partial charge in [0, 0.05) is 20.3 Å². The molecule has 0 atom stereocenters. The molecule has 0 spiro atoms. The van der Waals surface area contributed by atoms with E-state index in [0.717, 1.165) is 16.7 Å². The first kappa shape index (κ1) is 15.9. The summed E-state index contributed by atoms with van der Waals surface area (Å²) in [5.41, 5.74) is 6.51. The Morgan fingerprint density at radius 2 is 1.33 bits per heavy atom. The third-order valence-corrected chi connectivity index (χ3v) is 4.19. The van der Waals surface area contributed by atoms with Crippen LogP contribution < -0.4 is 0 Å². The number of benzene rings is 2. The minimum Gasteiger partial charge on any atom is -0.127 e. The van der Waals surface area contributed by atoms with E-state index in [1.165, 1.54) is 3.57 Å². The standard InChI is InChI=1S/C19H17ISi/c1-21(2,3)14-13-17-9-7-16(8-10-17)11-12-18-5-4-6-19(20)15-18/h4-10,15H,1-3H3. The van der Waals surface area contributed by atoms with Gasteiger partial charge in [0.15, 0.2) is 0 Å². The molecule has 0 saturated heterocycles. The summed E-state index contributed by atoms with van der Waals surface area (Å²) in [5.74, 6) is 9.64.